The summed E-state index contributed by atoms with van der Waals surface area (Å²) in [6, 6.07) is 10.6. The first-order valence-electron chi connectivity index (χ1n) is 9.52. The number of aromatic nitrogens is 2. The fourth-order valence-electron chi connectivity index (χ4n) is 4.00. The Hall–Kier alpha value is -1.79. The van der Waals surface area contributed by atoms with Crippen LogP contribution >= 0.6 is 11.8 Å². The molecule has 3 heterocycles. The van der Waals surface area contributed by atoms with E-state index in [0.29, 0.717) is 6.04 Å². The van der Waals surface area contributed by atoms with E-state index >= 15 is 0 Å². The number of piperidine rings is 1. The van der Waals surface area contributed by atoms with E-state index in [9.17, 15) is 4.79 Å². The van der Waals surface area contributed by atoms with Crippen molar-refractivity contribution in [2.75, 3.05) is 29.9 Å². The second-order valence-electron chi connectivity index (χ2n) is 7.21. The Bertz CT molecular complexity index is 710. The molecule has 0 aliphatic carbocycles. The number of thioether (sulfide) groups is 1. The molecule has 2 aromatic rings. The van der Waals surface area contributed by atoms with Gasteiger partial charge in [0.25, 0.3) is 0 Å². The maximum atomic E-state index is 12.8. The van der Waals surface area contributed by atoms with Gasteiger partial charge in [0, 0.05) is 24.5 Å². The van der Waals surface area contributed by atoms with Crippen LogP contribution < -0.4 is 5.32 Å². The number of hydrogen-bond acceptors (Lipinski definition) is 4. The fraction of sp³-hybridized carbons (Fsp3) is 0.500. The number of hydrogen-bond donors (Lipinski definition) is 2. The molecule has 2 aliphatic heterocycles. The second-order valence-corrected chi connectivity index (χ2v) is 8.44. The lowest BCUT2D eigenvalue weighted by atomic mass is 9.94. The molecule has 1 aromatic heterocycles. The Balaban J connectivity index is 1.35. The molecule has 0 unspecified atom stereocenters. The smallest absolute Gasteiger partial charge is 0.228 e. The normalized spacial score (nSPS) is 22.2. The van der Waals surface area contributed by atoms with Crippen LogP contribution in [-0.2, 0) is 4.79 Å². The number of H-pyrrole nitrogens is 1. The Morgan fingerprint density at radius 1 is 1.15 bits per heavy atom. The third-order valence-electron chi connectivity index (χ3n) is 5.50. The van der Waals surface area contributed by atoms with Gasteiger partial charge in [0.1, 0.15) is 0 Å². The predicted molar refractivity (Wildman–Crippen MR) is 107 cm³/mol. The average Bonchev–Trinajstić information content (AvgIpc) is 3.24. The van der Waals surface area contributed by atoms with Gasteiger partial charge in [-0.05, 0) is 67.5 Å². The van der Waals surface area contributed by atoms with E-state index in [1.807, 2.05) is 30.3 Å². The van der Waals surface area contributed by atoms with Crippen molar-refractivity contribution in [3.63, 3.8) is 0 Å². The molecule has 5 nitrogen and oxygen atoms in total. The van der Waals surface area contributed by atoms with Gasteiger partial charge in [-0.25, -0.2) is 0 Å². The summed E-state index contributed by atoms with van der Waals surface area (Å²) < 4.78 is 0. The number of rotatable bonds is 4. The van der Waals surface area contributed by atoms with E-state index in [4.69, 9.17) is 0 Å². The molecular weight excluding hydrogens is 344 g/mol. The summed E-state index contributed by atoms with van der Waals surface area (Å²) in [6.07, 6.45) is 6.41. The first kappa shape index (κ1) is 17.6. The number of carbonyl (C=O) groups excluding carboxylic acids is 1. The molecular formula is C20H26N4OS. The van der Waals surface area contributed by atoms with Crippen molar-refractivity contribution in [2.24, 2.45) is 5.92 Å². The van der Waals surface area contributed by atoms with Gasteiger partial charge in [-0.2, -0.15) is 16.9 Å². The van der Waals surface area contributed by atoms with Gasteiger partial charge in [0.2, 0.25) is 5.91 Å². The van der Waals surface area contributed by atoms with Gasteiger partial charge >= 0.3 is 0 Å². The number of aromatic amines is 1. The van der Waals surface area contributed by atoms with Crippen LogP contribution in [0.4, 0.5) is 5.69 Å². The van der Waals surface area contributed by atoms with Gasteiger partial charge in [-0.3, -0.25) is 14.8 Å². The first-order chi connectivity index (χ1) is 12.8. The maximum Gasteiger partial charge on any atom is 0.228 e. The van der Waals surface area contributed by atoms with Crippen molar-refractivity contribution in [1.82, 2.24) is 15.1 Å². The number of amides is 1. The van der Waals surface area contributed by atoms with Crippen LogP contribution in [0.1, 0.15) is 25.7 Å². The van der Waals surface area contributed by atoms with Gasteiger partial charge in [0.05, 0.1) is 11.6 Å². The molecule has 0 saturated carbocycles. The summed E-state index contributed by atoms with van der Waals surface area (Å²) >= 11 is 2.06. The van der Waals surface area contributed by atoms with E-state index in [1.54, 1.807) is 6.20 Å². The van der Waals surface area contributed by atoms with Crippen LogP contribution in [0, 0.1) is 5.92 Å². The number of nitrogens with one attached hydrogen (secondary N) is 2. The van der Waals surface area contributed by atoms with Gasteiger partial charge in [-0.1, -0.05) is 12.1 Å². The number of likely N-dealkylation sites (tertiary alicyclic amines) is 1. The van der Waals surface area contributed by atoms with Crippen molar-refractivity contribution in [3.05, 3.63) is 36.5 Å². The van der Waals surface area contributed by atoms with E-state index < -0.39 is 0 Å². The highest BCUT2D eigenvalue weighted by Gasteiger charge is 2.30. The summed E-state index contributed by atoms with van der Waals surface area (Å²) in [7, 11) is 0. The van der Waals surface area contributed by atoms with E-state index in [0.717, 1.165) is 42.9 Å². The van der Waals surface area contributed by atoms with Crippen LogP contribution in [0.5, 0.6) is 0 Å². The third-order valence-corrected chi connectivity index (χ3v) is 6.54. The Morgan fingerprint density at radius 2 is 1.96 bits per heavy atom. The summed E-state index contributed by atoms with van der Waals surface area (Å²) in [4.78, 5) is 15.3. The molecule has 0 radical (unpaired) electrons. The highest BCUT2D eigenvalue weighted by molar-refractivity contribution is 7.99. The zero-order valence-corrected chi connectivity index (χ0v) is 15.8. The zero-order chi connectivity index (χ0) is 17.8. The molecule has 1 amide bonds. The lowest BCUT2D eigenvalue weighted by Gasteiger charge is -2.39. The Morgan fingerprint density at radius 3 is 2.69 bits per heavy atom. The molecule has 2 N–H and O–H groups in total. The topological polar surface area (TPSA) is 61.0 Å². The molecule has 26 heavy (non-hydrogen) atoms. The molecule has 0 spiro atoms. The summed E-state index contributed by atoms with van der Waals surface area (Å²) in [5, 5.41) is 10.0. The molecule has 2 saturated heterocycles. The van der Waals surface area contributed by atoms with Crippen LogP contribution in [0.2, 0.25) is 0 Å². The number of benzene rings is 1. The number of nitrogens with zero attached hydrogens (tertiary/aromatic N) is 2. The minimum atomic E-state index is 0.102. The van der Waals surface area contributed by atoms with Crippen LogP contribution in [0.3, 0.4) is 0 Å². The van der Waals surface area contributed by atoms with Crippen molar-refractivity contribution < 1.29 is 4.79 Å². The van der Waals surface area contributed by atoms with Gasteiger partial charge in [-0.15, -0.1) is 0 Å². The minimum Gasteiger partial charge on any atom is -0.326 e. The van der Waals surface area contributed by atoms with Crippen molar-refractivity contribution in [1.29, 1.82) is 0 Å². The predicted octanol–water partition coefficient (Wildman–Crippen LogP) is 3.62. The third kappa shape index (κ3) is 4.13. The average molecular weight is 371 g/mol. The lowest BCUT2D eigenvalue weighted by Crippen LogP contribution is -2.47. The minimum absolute atomic E-state index is 0.102. The van der Waals surface area contributed by atoms with Crippen molar-refractivity contribution in [2.45, 2.75) is 31.7 Å². The summed E-state index contributed by atoms with van der Waals surface area (Å²) in [5.74, 6) is 2.79. The van der Waals surface area contributed by atoms with Gasteiger partial charge in [0.15, 0.2) is 0 Å². The fourth-order valence-corrected chi connectivity index (χ4v) is 5.08. The molecule has 1 aromatic carbocycles. The van der Waals surface area contributed by atoms with E-state index in [2.05, 4.69) is 32.2 Å². The second kappa shape index (κ2) is 8.27. The van der Waals surface area contributed by atoms with E-state index in [1.165, 1.54) is 24.3 Å². The van der Waals surface area contributed by atoms with Crippen LogP contribution in [0.15, 0.2) is 36.5 Å². The van der Waals surface area contributed by atoms with Crippen LogP contribution in [-0.4, -0.2) is 51.6 Å². The highest BCUT2D eigenvalue weighted by atomic mass is 32.2. The first-order valence-corrected chi connectivity index (χ1v) is 10.7. The number of carbonyl (C=O) groups is 1. The summed E-state index contributed by atoms with van der Waals surface area (Å²) in [5.41, 5.74) is 2.92. The van der Waals surface area contributed by atoms with Crippen LogP contribution in [0.25, 0.3) is 11.3 Å². The largest absolute Gasteiger partial charge is 0.326 e. The zero-order valence-electron chi connectivity index (χ0n) is 15.0. The Labute approximate surface area is 158 Å². The molecule has 1 atom stereocenters. The van der Waals surface area contributed by atoms with E-state index in [-0.39, 0.29) is 11.8 Å². The Kier molecular flexibility index (Phi) is 5.60. The molecule has 2 fully saturated rings. The standard InChI is InChI=1S/C20H26N4OS/c25-20(16-2-1-11-24(14-16)18-8-12-26-13-9-18)22-17-5-3-15(4-6-17)19-7-10-21-23-19/h3-7,10,16,18H,1-2,8-9,11-14H2,(H,21,23)(H,22,25)/t16-/m1/s1. The highest BCUT2D eigenvalue weighted by Crippen LogP contribution is 2.27. The quantitative estimate of drug-likeness (QED) is 0.863. The SMILES string of the molecule is O=C(Nc1ccc(-c2ccn[nH]2)cc1)[C@@H]1CCCN(C2CCSCC2)C1. The molecule has 6 heteroatoms. The summed E-state index contributed by atoms with van der Waals surface area (Å²) in [6.45, 7) is 2.06. The monoisotopic (exact) mass is 370 g/mol. The molecule has 4 rings (SSSR count). The van der Waals surface area contributed by atoms with Crippen molar-refractivity contribution >= 4 is 23.4 Å². The molecule has 0 bridgehead atoms. The van der Waals surface area contributed by atoms with Gasteiger partial charge < -0.3 is 5.32 Å². The molecule has 138 valence electrons. The lowest BCUT2D eigenvalue weighted by molar-refractivity contribution is -0.121. The molecule has 2 aliphatic rings. The number of anilines is 1. The maximum absolute atomic E-state index is 12.8. The van der Waals surface area contributed by atoms with Crippen molar-refractivity contribution in [3.8, 4) is 11.3 Å².